The Balaban J connectivity index is 2.26. The average Bonchev–Trinajstić information content (AvgIpc) is 2.85. The summed E-state index contributed by atoms with van der Waals surface area (Å²) in [6, 6.07) is 8.91. The summed E-state index contributed by atoms with van der Waals surface area (Å²) in [6.45, 7) is 4.53. The topological polar surface area (TPSA) is 86.8 Å². The quantitative estimate of drug-likeness (QED) is 0.241. The number of amides is 2. The first-order chi connectivity index (χ1) is 17.9. The van der Waals surface area contributed by atoms with E-state index in [0.29, 0.717) is 28.0 Å². The van der Waals surface area contributed by atoms with E-state index >= 15 is 0 Å². The number of anilines is 1. The first-order valence-corrected chi connectivity index (χ1v) is 15.7. The molecule has 1 N–H and O–H groups in total. The van der Waals surface area contributed by atoms with Gasteiger partial charge in [0, 0.05) is 31.1 Å². The molecule has 1 atom stereocenters. The zero-order chi connectivity index (χ0) is 28.5. The molecule has 0 radical (unpaired) electrons. The number of sulfonamides is 1. The van der Waals surface area contributed by atoms with Crippen molar-refractivity contribution in [3.63, 3.8) is 0 Å². The van der Waals surface area contributed by atoms with E-state index in [-0.39, 0.29) is 48.5 Å². The number of hydrogen-bond donors (Lipinski definition) is 1. The maximum atomic E-state index is 13.5. The molecular weight excluding hydrogens is 592 g/mol. The number of rotatable bonds is 14. The van der Waals surface area contributed by atoms with Gasteiger partial charge in [0.25, 0.3) is 0 Å². The van der Waals surface area contributed by atoms with Gasteiger partial charge in [0.2, 0.25) is 21.8 Å². The van der Waals surface area contributed by atoms with Gasteiger partial charge in [-0.15, -0.1) is 0 Å². The molecule has 210 valence electrons. The number of carbonyl (C=O) groups is 2. The fourth-order valence-corrected chi connectivity index (χ4v) is 5.65. The Hall–Kier alpha value is -1.71. The van der Waals surface area contributed by atoms with Crippen molar-refractivity contribution < 1.29 is 18.0 Å². The molecule has 0 aromatic heterocycles. The van der Waals surface area contributed by atoms with Crippen LogP contribution < -0.4 is 9.62 Å². The Kier molecular flexibility index (Phi) is 13.0. The molecule has 38 heavy (non-hydrogen) atoms. The Bertz CT molecular complexity index is 1230. The van der Waals surface area contributed by atoms with Crippen LogP contribution in [0, 0.1) is 0 Å². The maximum Gasteiger partial charge on any atom is 0.242 e. The van der Waals surface area contributed by atoms with E-state index in [4.69, 9.17) is 46.4 Å². The third-order valence-corrected chi connectivity index (χ3v) is 8.36. The second-order valence-electron chi connectivity index (χ2n) is 8.87. The summed E-state index contributed by atoms with van der Waals surface area (Å²) in [7, 11) is -3.71. The number of unbranched alkanes of at least 4 members (excludes halogenated alkanes) is 1. The van der Waals surface area contributed by atoms with E-state index in [1.54, 1.807) is 24.3 Å². The van der Waals surface area contributed by atoms with E-state index in [2.05, 4.69) is 5.32 Å². The molecule has 0 spiro atoms. The molecule has 0 aliphatic carbocycles. The van der Waals surface area contributed by atoms with Crippen molar-refractivity contribution >= 4 is 73.9 Å². The van der Waals surface area contributed by atoms with Crippen LogP contribution in [0.4, 0.5) is 5.69 Å². The van der Waals surface area contributed by atoms with Gasteiger partial charge in [-0.25, -0.2) is 8.42 Å². The van der Waals surface area contributed by atoms with Gasteiger partial charge < -0.3 is 10.2 Å². The molecule has 0 bridgehead atoms. The molecule has 0 saturated carbocycles. The highest BCUT2D eigenvalue weighted by Crippen LogP contribution is 2.31. The zero-order valence-electron chi connectivity index (χ0n) is 21.6. The maximum absolute atomic E-state index is 13.5. The lowest BCUT2D eigenvalue weighted by atomic mass is 10.1. The first-order valence-electron chi connectivity index (χ1n) is 12.3. The molecule has 2 rings (SSSR count). The number of halogens is 4. The van der Waals surface area contributed by atoms with E-state index in [9.17, 15) is 18.0 Å². The molecule has 2 amide bonds. The fourth-order valence-electron chi connectivity index (χ4n) is 3.92. The zero-order valence-corrected chi connectivity index (χ0v) is 25.5. The minimum absolute atomic E-state index is 0.00423. The van der Waals surface area contributed by atoms with E-state index in [1.165, 1.54) is 17.0 Å². The summed E-state index contributed by atoms with van der Waals surface area (Å²) in [5.74, 6) is -0.531. The molecule has 0 aliphatic heterocycles. The second kappa shape index (κ2) is 15.2. The molecule has 2 aromatic carbocycles. The third kappa shape index (κ3) is 9.49. The van der Waals surface area contributed by atoms with Crippen molar-refractivity contribution in [2.24, 2.45) is 0 Å². The molecule has 0 unspecified atom stereocenters. The molecule has 0 saturated heterocycles. The van der Waals surface area contributed by atoms with Gasteiger partial charge in [-0.3, -0.25) is 13.9 Å². The minimum atomic E-state index is -3.71. The van der Waals surface area contributed by atoms with Crippen LogP contribution in [0.1, 0.15) is 51.5 Å². The Labute approximate surface area is 245 Å². The van der Waals surface area contributed by atoms with Crippen molar-refractivity contribution in [2.75, 3.05) is 23.7 Å². The summed E-state index contributed by atoms with van der Waals surface area (Å²) in [6.07, 6.45) is 3.42. The van der Waals surface area contributed by atoms with Crippen LogP contribution in [0.15, 0.2) is 36.4 Å². The molecule has 7 nitrogen and oxygen atoms in total. The van der Waals surface area contributed by atoms with Crippen LogP contribution in [0.25, 0.3) is 0 Å². The summed E-state index contributed by atoms with van der Waals surface area (Å²) < 4.78 is 26.2. The Morgan fingerprint density at radius 3 is 2.24 bits per heavy atom. The summed E-state index contributed by atoms with van der Waals surface area (Å²) in [4.78, 5) is 28.0. The molecular formula is C26H33Cl4N3O4S. The fraction of sp³-hybridized carbons (Fsp3) is 0.462. The molecule has 0 fully saturated rings. The molecule has 2 aromatic rings. The number of nitrogens with zero attached hydrogens (tertiary/aromatic N) is 2. The SMILES string of the molecule is CCCCNC(=O)[C@@H](CC)N(Cc1ccc(Cl)c(Cl)c1)C(=O)CCCN(c1cc(Cl)ccc1Cl)S(C)(=O)=O. The third-order valence-electron chi connectivity index (χ3n) is 5.88. The van der Waals surface area contributed by atoms with E-state index in [0.717, 1.165) is 29.0 Å². The molecule has 12 heteroatoms. The van der Waals surface area contributed by atoms with Crippen LogP contribution in [-0.2, 0) is 26.2 Å². The summed E-state index contributed by atoms with van der Waals surface area (Å²) in [5, 5.41) is 4.20. The lowest BCUT2D eigenvalue weighted by Crippen LogP contribution is -2.49. The van der Waals surface area contributed by atoms with Gasteiger partial charge >= 0.3 is 0 Å². The second-order valence-corrected chi connectivity index (χ2v) is 12.4. The highest BCUT2D eigenvalue weighted by molar-refractivity contribution is 7.92. The van der Waals surface area contributed by atoms with Crippen molar-refractivity contribution in [3.8, 4) is 0 Å². The van der Waals surface area contributed by atoms with Crippen molar-refractivity contribution in [3.05, 3.63) is 62.1 Å². The number of carbonyl (C=O) groups excluding carboxylic acids is 2. The minimum Gasteiger partial charge on any atom is -0.354 e. The van der Waals surface area contributed by atoms with Gasteiger partial charge in [-0.2, -0.15) is 0 Å². The predicted octanol–water partition coefficient (Wildman–Crippen LogP) is 6.57. The van der Waals surface area contributed by atoms with Crippen molar-refractivity contribution in [1.29, 1.82) is 0 Å². The standard InChI is InChI=1S/C26H33Cl4N3O4S/c1-4-6-13-31-26(35)23(5-2)32(17-18-9-11-20(28)22(30)15-18)25(34)8-7-14-33(38(3,36)37)24-16-19(27)10-12-21(24)29/h9-12,15-16,23H,4-8,13-14,17H2,1-3H3,(H,31,35)/t23-/m1/s1. The van der Waals surface area contributed by atoms with Crippen molar-refractivity contribution in [2.45, 2.75) is 58.5 Å². The van der Waals surface area contributed by atoms with Gasteiger partial charge in [0.05, 0.1) is 27.0 Å². The van der Waals surface area contributed by atoms with Crippen LogP contribution in [0.2, 0.25) is 20.1 Å². The Morgan fingerprint density at radius 2 is 1.63 bits per heavy atom. The van der Waals surface area contributed by atoms with Gasteiger partial charge in [-0.05, 0) is 55.2 Å². The smallest absolute Gasteiger partial charge is 0.242 e. The monoisotopic (exact) mass is 623 g/mol. The number of hydrogen-bond acceptors (Lipinski definition) is 4. The lowest BCUT2D eigenvalue weighted by Gasteiger charge is -2.31. The highest BCUT2D eigenvalue weighted by atomic mass is 35.5. The van der Waals surface area contributed by atoms with Gasteiger partial charge in [0.15, 0.2) is 0 Å². The largest absolute Gasteiger partial charge is 0.354 e. The highest BCUT2D eigenvalue weighted by Gasteiger charge is 2.29. The van der Waals surface area contributed by atoms with Crippen LogP contribution in [0.3, 0.4) is 0 Å². The van der Waals surface area contributed by atoms with Crippen molar-refractivity contribution in [1.82, 2.24) is 10.2 Å². The van der Waals surface area contributed by atoms with Gasteiger partial charge in [-0.1, -0.05) is 72.7 Å². The lowest BCUT2D eigenvalue weighted by molar-refractivity contribution is -0.141. The average molecular weight is 625 g/mol. The summed E-state index contributed by atoms with van der Waals surface area (Å²) in [5.41, 5.74) is 0.958. The normalized spacial score (nSPS) is 12.2. The summed E-state index contributed by atoms with van der Waals surface area (Å²) >= 11 is 24.5. The number of nitrogens with one attached hydrogen (secondary N) is 1. The van der Waals surface area contributed by atoms with Gasteiger partial charge in [0.1, 0.15) is 6.04 Å². The van der Waals surface area contributed by atoms with E-state index < -0.39 is 16.1 Å². The molecule has 0 heterocycles. The van der Waals surface area contributed by atoms with Crippen LogP contribution in [0.5, 0.6) is 0 Å². The van der Waals surface area contributed by atoms with Crippen LogP contribution >= 0.6 is 46.4 Å². The Morgan fingerprint density at radius 1 is 0.947 bits per heavy atom. The van der Waals surface area contributed by atoms with Crippen LogP contribution in [-0.4, -0.2) is 50.5 Å². The predicted molar refractivity (Wildman–Crippen MR) is 157 cm³/mol. The number of benzene rings is 2. The molecule has 0 aliphatic rings. The first kappa shape index (κ1) is 32.5. The van der Waals surface area contributed by atoms with E-state index in [1.807, 2.05) is 13.8 Å².